The Balaban J connectivity index is 1.56. The normalized spacial score (nSPS) is 15.2. The molecule has 0 aromatic heterocycles. The van der Waals surface area contributed by atoms with E-state index in [9.17, 15) is 14.4 Å². The Hall–Kier alpha value is -4.17. The van der Waals surface area contributed by atoms with Gasteiger partial charge in [0, 0.05) is 18.8 Å². The molecule has 3 aromatic rings. The summed E-state index contributed by atoms with van der Waals surface area (Å²) in [5.41, 5.74) is 10.9. The van der Waals surface area contributed by atoms with E-state index >= 15 is 0 Å². The minimum Gasteiger partial charge on any atom is -0.343 e. The van der Waals surface area contributed by atoms with Gasteiger partial charge in [0.1, 0.15) is 6.04 Å². The number of amides is 4. The van der Waals surface area contributed by atoms with E-state index in [0.717, 1.165) is 33.5 Å². The Morgan fingerprint density at radius 2 is 1.67 bits per heavy atom. The summed E-state index contributed by atoms with van der Waals surface area (Å²) in [5.74, 6) is -0.500. The number of aryl methyl sites for hydroxylation is 1. The number of rotatable bonds is 8. The molecule has 0 radical (unpaired) electrons. The van der Waals surface area contributed by atoms with Gasteiger partial charge in [-0.2, -0.15) is 0 Å². The van der Waals surface area contributed by atoms with Crippen LogP contribution in [0.3, 0.4) is 0 Å². The smallest absolute Gasteiger partial charge is 0.315 e. The average molecular weight is 528 g/mol. The third-order valence-corrected chi connectivity index (χ3v) is 6.84. The highest BCUT2D eigenvalue weighted by Crippen LogP contribution is 2.30. The number of hydrogen-bond donors (Lipinski definition) is 4. The number of anilines is 1. The van der Waals surface area contributed by atoms with Gasteiger partial charge in [0.05, 0.1) is 12.1 Å². The highest BCUT2D eigenvalue weighted by atomic mass is 16.2. The first-order valence-corrected chi connectivity index (χ1v) is 13.4. The van der Waals surface area contributed by atoms with Crippen molar-refractivity contribution in [2.24, 2.45) is 5.73 Å². The number of para-hydroxylation sites is 1. The van der Waals surface area contributed by atoms with E-state index in [4.69, 9.17) is 5.73 Å². The summed E-state index contributed by atoms with van der Waals surface area (Å²) >= 11 is 0. The highest BCUT2D eigenvalue weighted by molar-refractivity contribution is 6.01. The standard InChI is InChI=1S/C31H37N5O3/c1-4-33-30(39)34-19-24-10-5-7-11-25(24)22-15-13-21(14-16-22)20-36-27-12-8-6-9-23(27)17-18-26(28(36)37)35-29(38)31(2,3)32/h5-16,26H,4,17-20,32H2,1-3H3,(H,35,38)(H2,33,34,39)/t26-/m1/s1. The number of benzene rings is 3. The number of hydrogen-bond acceptors (Lipinski definition) is 4. The van der Waals surface area contributed by atoms with Gasteiger partial charge in [0.2, 0.25) is 11.8 Å². The number of urea groups is 1. The first-order chi connectivity index (χ1) is 18.7. The largest absolute Gasteiger partial charge is 0.343 e. The molecule has 3 aromatic carbocycles. The Bertz CT molecular complexity index is 1330. The molecule has 0 saturated heterocycles. The monoisotopic (exact) mass is 527 g/mol. The first kappa shape index (κ1) is 27.9. The number of carbonyl (C=O) groups excluding carboxylic acids is 3. The van der Waals surface area contributed by atoms with Crippen molar-refractivity contribution in [2.45, 2.75) is 58.3 Å². The predicted molar refractivity (Wildman–Crippen MR) is 154 cm³/mol. The van der Waals surface area contributed by atoms with Gasteiger partial charge in [-0.15, -0.1) is 0 Å². The molecule has 39 heavy (non-hydrogen) atoms. The minimum atomic E-state index is -1.08. The van der Waals surface area contributed by atoms with Gasteiger partial charge in [-0.25, -0.2) is 4.79 Å². The van der Waals surface area contributed by atoms with E-state index in [1.807, 2.05) is 79.7 Å². The molecular weight excluding hydrogens is 490 g/mol. The van der Waals surface area contributed by atoms with Crippen LogP contribution < -0.4 is 26.6 Å². The lowest BCUT2D eigenvalue weighted by Gasteiger charge is -2.28. The summed E-state index contributed by atoms with van der Waals surface area (Å²) in [6, 6.07) is 23.1. The molecule has 1 aliphatic rings. The van der Waals surface area contributed by atoms with Crippen LogP contribution in [0.15, 0.2) is 72.8 Å². The minimum absolute atomic E-state index is 0.150. The van der Waals surface area contributed by atoms with Crippen LogP contribution in [0.4, 0.5) is 10.5 Å². The zero-order chi connectivity index (χ0) is 28.0. The van der Waals surface area contributed by atoms with Gasteiger partial charge in [-0.3, -0.25) is 9.59 Å². The molecular formula is C31H37N5O3. The SMILES string of the molecule is CCNC(=O)NCc1ccccc1-c1ccc(CN2C(=O)[C@H](NC(=O)C(C)(C)N)CCc3ccccc32)cc1. The molecule has 0 saturated carbocycles. The second kappa shape index (κ2) is 12.1. The zero-order valence-corrected chi connectivity index (χ0v) is 22.8. The van der Waals surface area contributed by atoms with E-state index < -0.39 is 11.6 Å². The average Bonchev–Trinajstić information content (AvgIpc) is 3.04. The van der Waals surface area contributed by atoms with Crippen molar-refractivity contribution in [2.75, 3.05) is 11.4 Å². The van der Waals surface area contributed by atoms with Gasteiger partial charge in [-0.1, -0.05) is 66.7 Å². The van der Waals surface area contributed by atoms with Crippen LogP contribution in [-0.2, 0) is 29.1 Å². The molecule has 4 rings (SSSR count). The maximum Gasteiger partial charge on any atom is 0.315 e. The Kier molecular flexibility index (Phi) is 8.66. The molecule has 0 bridgehead atoms. The van der Waals surface area contributed by atoms with Gasteiger partial charge in [-0.05, 0) is 67.5 Å². The van der Waals surface area contributed by atoms with Crippen LogP contribution in [0.25, 0.3) is 11.1 Å². The number of carbonyl (C=O) groups is 3. The van der Waals surface area contributed by atoms with Crippen molar-refractivity contribution in [3.05, 3.63) is 89.5 Å². The zero-order valence-electron chi connectivity index (χ0n) is 22.8. The predicted octanol–water partition coefficient (Wildman–Crippen LogP) is 3.87. The summed E-state index contributed by atoms with van der Waals surface area (Å²) in [6.45, 7) is 6.49. The van der Waals surface area contributed by atoms with E-state index in [0.29, 0.717) is 32.5 Å². The number of nitrogens with zero attached hydrogens (tertiary/aromatic N) is 1. The summed E-state index contributed by atoms with van der Waals surface area (Å²) in [7, 11) is 0. The lowest BCUT2D eigenvalue weighted by atomic mass is 9.98. The quantitative estimate of drug-likeness (QED) is 0.356. The maximum absolute atomic E-state index is 13.7. The molecule has 0 aliphatic carbocycles. The van der Waals surface area contributed by atoms with Crippen molar-refractivity contribution in [1.29, 1.82) is 0 Å². The van der Waals surface area contributed by atoms with E-state index in [1.54, 1.807) is 18.7 Å². The Morgan fingerprint density at radius 1 is 0.974 bits per heavy atom. The van der Waals surface area contributed by atoms with Gasteiger partial charge in [0.15, 0.2) is 0 Å². The molecule has 204 valence electrons. The van der Waals surface area contributed by atoms with Crippen LogP contribution in [0.1, 0.15) is 43.9 Å². The number of fused-ring (bicyclic) bond motifs is 1. The highest BCUT2D eigenvalue weighted by Gasteiger charge is 2.34. The molecule has 8 heteroatoms. The van der Waals surface area contributed by atoms with Crippen LogP contribution >= 0.6 is 0 Å². The lowest BCUT2D eigenvalue weighted by molar-refractivity contribution is -0.130. The molecule has 0 fully saturated rings. The van der Waals surface area contributed by atoms with Gasteiger partial charge in [0.25, 0.3) is 0 Å². The first-order valence-electron chi connectivity index (χ1n) is 13.4. The van der Waals surface area contributed by atoms with Crippen molar-refractivity contribution in [3.8, 4) is 11.1 Å². The van der Waals surface area contributed by atoms with Crippen LogP contribution in [0.5, 0.6) is 0 Å². The summed E-state index contributed by atoms with van der Waals surface area (Å²) in [5, 5.41) is 8.51. The van der Waals surface area contributed by atoms with E-state index in [1.165, 1.54) is 0 Å². The Morgan fingerprint density at radius 3 is 2.38 bits per heavy atom. The third kappa shape index (κ3) is 6.83. The van der Waals surface area contributed by atoms with Gasteiger partial charge >= 0.3 is 6.03 Å². The fraction of sp³-hybridized carbons (Fsp3) is 0.323. The summed E-state index contributed by atoms with van der Waals surface area (Å²) < 4.78 is 0. The van der Waals surface area contributed by atoms with Crippen molar-refractivity contribution in [3.63, 3.8) is 0 Å². The van der Waals surface area contributed by atoms with Crippen molar-refractivity contribution in [1.82, 2.24) is 16.0 Å². The molecule has 1 atom stereocenters. The molecule has 1 aliphatic heterocycles. The topological polar surface area (TPSA) is 117 Å². The summed E-state index contributed by atoms with van der Waals surface area (Å²) in [6.07, 6.45) is 1.18. The Labute approximate surface area is 230 Å². The summed E-state index contributed by atoms with van der Waals surface area (Å²) in [4.78, 5) is 40.0. The van der Waals surface area contributed by atoms with Gasteiger partial charge < -0.3 is 26.6 Å². The van der Waals surface area contributed by atoms with Crippen molar-refractivity contribution < 1.29 is 14.4 Å². The second-order valence-electron chi connectivity index (χ2n) is 10.4. The van der Waals surface area contributed by atoms with Crippen LogP contribution in [-0.4, -0.2) is 36.0 Å². The molecule has 5 N–H and O–H groups in total. The maximum atomic E-state index is 13.7. The van der Waals surface area contributed by atoms with Crippen LogP contribution in [0, 0.1) is 0 Å². The lowest BCUT2D eigenvalue weighted by Crippen LogP contribution is -2.56. The van der Waals surface area contributed by atoms with Crippen LogP contribution in [0.2, 0.25) is 0 Å². The molecule has 0 spiro atoms. The molecule has 8 nitrogen and oxygen atoms in total. The van der Waals surface area contributed by atoms with E-state index in [-0.39, 0.29) is 17.8 Å². The second-order valence-corrected chi connectivity index (χ2v) is 10.4. The van der Waals surface area contributed by atoms with E-state index in [2.05, 4.69) is 16.0 Å². The number of nitrogens with two attached hydrogens (primary N) is 1. The molecule has 4 amide bonds. The molecule has 1 heterocycles. The third-order valence-electron chi connectivity index (χ3n) is 6.84. The van der Waals surface area contributed by atoms with Crippen molar-refractivity contribution >= 4 is 23.5 Å². The number of nitrogens with one attached hydrogen (secondary N) is 3. The molecule has 0 unspecified atom stereocenters. The fourth-order valence-corrected chi connectivity index (χ4v) is 4.68. The fourth-order valence-electron chi connectivity index (χ4n) is 4.68.